The lowest BCUT2D eigenvalue weighted by molar-refractivity contribution is 0.0947. The van der Waals surface area contributed by atoms with Gasteiger partial charge in [0.25, 0.3) is 5.91 Å². The minimum absolute atomic E-state index is 0.109. The first-order chi connectivity index (χ1) is 9.99. The van der Waals surface area contributed by atoms with Gasteiger partial charge in [-0.2, -0.15) is 0 Å². The Morgan fingerprint density at radius 3 is 2.62 bits per heavy atom. The summed E-state index contributed by atoms with van der Waals surface area (Å²) in [6.45, 7) is 6.96. The second kappa shape index (κ2) is 9.34. The molecule has 0 atom stereocenters. The zero-order valence-corrected chi connectivity index (χ0v) is 13.6. The molecule has 0 unspecified atom stereocenters. The first kappa shape index (κ1) is 17.4. The van der Waals surface area contributed by atoms with Gasteiger partial charge in [0.05, 0.1) is 11.9 Å². The Labute approximate surface area is 128 Å². The molecule has 0 bridgehead atoms. The molecule has 0 aromatic carbocycles. The lowest BCUT2D eigenvalue weighted by Gasteiger charge is -2.10. The standard InChI is InChI=1S/C16H28N4O/c1-13(2)8-10-17-14-6-7-15(19-12-14)16(21)18-9-5-11-20(3)4/h6-7,12-13,17H,5,8-11H2,1-4H3,(H,18,21). The van der Waals surface area contributed by atoms with Gasteiger partial charge in [-0.15, -0.1) is 0 Å². The second-order valence-corrected chi connectivity index (χ2v) is 5.95. The molecule has 0 aliphatic heterocycles. The minimum atomic E-state index is -0.109. The van der Waals surface area contributed by atoms with Crippen LogP contribution in [0.4, 0.5) is 5.69 Å². The van der Waals surface area contributed by atoms with Crippen LogP contribution >= 0.6 is 0 Å². The van der Waals surface area contributed by atoms with Gasteiger partial charge in [0.15, 0.2) is 0 Å². The predicted octanol–water partition coefficient (Wildman–Crippen LogP) is 2.22. The summed E-state index contributed by atoms with van der Waals surface area (Å²) in [5, 5.41) is 6.19. The van der Waals surface area contributed by atoms with E-state index in [0.29, 0.717) is 18.2 Å². The van der Waals surface area contributed by atoms with E-state index in [4.69, 9.17) is 0 Å². The van der Waals surface area contributed by atoms with Gasteiger partial charge in [-0.25, -0.2) is 4.98 Å². The number of hydrogen-bond donors (Lipinski definition) is 2. The number of aromatic nitrogens is 1. The Morgan fingerprint density at radius 1 is 1.29 bits per heavy atom. The van der Waals surface area contributed by atoms with E-state index in [-0.39, 0.29) is 5.91 Å². The number of nitrogens with one attached hydrogen (secondary N) is 2. The molecule has 21 heavy (non-hydrogen) atoms. The van der Waals surface area contributed by atoms with Crippen LogP contribution in [0.3, 0.4) is 0 Å². The van der Waals surface area contributed by atoms with Gasteiger partial charge in [-0.05, 0) is 51.5 Å². The van der Waals surface area contributed by atoms with E-state index in [0.717, 1.165) is 31.6 Å². The summed E-state index contributed by atoms with van der Waals surface area (Å²) in [7, 11) is 4.04. The lowest BCUT2D eigenvalue weighted by atomic mass is 10.1. The molecular formula is C16H28N4O. The number of hydrogen-bond acceptors (Lipinski definition) is 4. The molecule has 118 valence electrons. The van der Waals surface area contributed by atoms with E-state index in [9.17, 15) is 4.79 Å². The number of nitrogens with zero attached hydrogens (tertiary/aromatic N) is 2. The van der Waals surface area contributed by atoms with Crippen LogP contribution in [0, 0.1) is 5.92 Å². The van der Waals surface area contributed by atoms with Crippen LogP contribution in [-0.4, -0.2) is 49.5 Å². The van der Waals surface area contributed by atoms with Crippen LogP contribution in [0.15, 0.2) is 18.3 Å². The SMILES string of the molecule is CC(C)CCNc1ccc(C(=O)NCCCN(C)C)nc1. The second-order valence-electron chi connectivity index (χ2n) is 5.95. The fourth-order valence-corrected chi connectivity index (χ4v) is 1.83. The van der Waals surface area contributed by atoms with E-state index in [2.05, 4.69) is 34.4 Å². The molecular weight excluding hydrogens is 264 g/mol. The number of carbonyl (C=O) groups excluding carboxylic acids is 1. The summed E-state index contributed by atoms with van der Waals surface area (Å²) in [6.07, 6.45) is 3.77. The van der Waals surface area contributed by atoms with Crippen molar-refractivity contribution in [2.24, 2.45) is 5.92 Å². The molecule has 2 N–H and O–H groups in total. The van der Waals surface area contributed by atoms with Crippen molar-refractivity contribution >= 4 is 11.6 Å². The van der Waals surface area contributed by atoms with E-state index in [1.807, 2.05) is 20.2 Å². The maximum Gasteiger partial charge on any atom is 0.269 e. The van der Waals surface area contributed by atoms with Gasteiger partial charge in [0.2, 0.25) is 0 Å². The van der Waals surface area contributed by atoms with E-state index in [1.54, 1.807) is 12.3 Å². The van der Waals surface area contributed by atoms with Crippen molar-refractivity contribution in [1.82, 2.24) is 15.2 Å². The van der Waals surface area contributed by atoms with Crippen LogP contribution < -0.4 is 10.6 Å². The highest BCUT2D eigenvalue weighted by molar-refractivity contribution is 5.92. The fraction of sp³-hybridized carbons (Fsp3) is 0.625. The summed E-state index contributed by atoms with van der Waals surface area (Å²) in [4.78, 5) is 18.2. The maximum atomic E-state index is 11.9. The summed E-state index contributed by atoms with van der Waals surface area (Å²) in [5.74, 6) is 0.570. The molecule has 0 aliphatic rings. The number of pyridine rings is 1. The summed E-state index contributed by atoms with van der Waals surface area (Å²) < 4.78 is 0. The van der Waals surface area contributed by atoms with Crippen molar-refractivity contribution in [2.45, 2.75) is 26.7 Å². The van der Waals surface area contributed by atoms with Crippen molar-refractivity contribution in [3.63, 3.8) is 0 Å². The van der Waals surface area contributed by atoms with Gasteiger partial charge in [-0.1, -0.05) is 13.8 Å². The number of anilines is 1. The molecule has 0 radical (unpaired) electrons. The molecule has 1 aromatic heterocycles. The van der Waals surface area contributed by atoms with Crippen LogP contribution in [0.2, 0.25) is 0 Å². The number of rotatable bonds is 9. The van der Waals surface area contributed by atoms with Crippen molar-refractivity contribution in [3.8, 4) is 0 Å². The third kappa shape index (κ3) is 7.66. The van der Waals surface area contributed by atoms with Crippen molar-refractivity contribution in [2.75, 3.05) is 39.0 Å². The Balaban J connectivity index is 2.33. The highest BCUT2D eigenvalue weighted by Crippen LogP contribution is 2.07. The van der Waals surface area contributed by atoms with Crippen LogP contribution in [-0.2, 0) is 0 Å². The van der Waals surface area contributed by atoms with E-state index >= 15 is 0 Å². The molecule has 1 amide bonds. The maximum absolute atomic E-state index is 11.9. The van der Waals surface area contributed by atoms with Crippen LogP contribution in [0.25, 0.3) is 0 Å². The molecule has 5 nitrogen and oxygen atoms in total. The smallest absolute Gasteiger partial charge is 0.269 e. The van der Waals surface area contributed by atoms with Crippen molar-refractivity contribution < 1.29 is 4.79 Å². The van der Waals surface area contributed by atoms with Gasteiger partial charge in [0, 0.05) is 13.1 Å². The van der Waals surface area contributed by atoms with E-state index in [1.165, 1.54) is 0 Å². The molecule has 0 saturated carbocycles. The average molecular weight is 292 g/mol. The van der Waals surface area contributed by atoms with Gasteiger partial charge < -0.3 is 15.5 Å². The quantitative estimate of drug-likeness (QED) is 0.685. The third-order valence-corrected chi connectivity index (χ3v) is 3.11. The summed E-state index contributed by atoms with van der Waals surface area (Å²) >= 11 is 0. The molecule has 0 aliphatic carbocycles. The topological polar surface area (TPSA) is 57.3 Å². The Bertz CT molecular complexity index is 415. The first-order valence-corrected chi connectivity index (χ1v) is 7.62. The average Bonchev–Trinajstić information content (AvgIpc) is 2.43. The number of carbonyl (C=O) groups is 1. The molecule has 0 saturated heterocycles. The molecule has 1 rings (SSSR count). The molecule has 1 heterocycles. The zero-order chi connectivity index (χ0) is 15.7. The largest absolute Gasteiger partial charge is 0.384 e. The highest BCUT2D eigenvalue weighted by atomic mass is 16.1. The van der Waals surface area contributed by atoms with Gasteiger partial charge in [-0.3, -0.25) is 4.79 Å². The highest BCUT2D eigenvalue weighted by Gasteiger charge is 2.06. The minimum Gasteiger partial charge on any atom is -0.384 e. The summed E-state index contributed by atoms with van der Waals surface area (Å²) in [5.41, 5.74) is 1.43. The Morgan fingerprint density at radius 2 is 2.05 bits per heavy atom. The van der Waals surface area contributed by atoms with Crippen LogP contribution in [0.5, 0.6) is 0 Å². The predicted molar refractivity (Wildman–Crippen MR) is 87.7 cm³/mol. The van der Waals surface area contributed by atoms with E-state index < -0.39 is 0 Å². The molecule has 5 heteroatoms. The number of amides is 1. The van der Waals surface area contributed by atoms with Gasteiger partial charge >= 0.3 is 0 Å². The lowest BCUT2D eigenvalue weighted by Crippen LogP contribution is -2.27. The first-order valence-electron chi connectivity index (χ1n) is 7.62. The molecule has 0 fully saturated rings. The van der Waals surface area contributed by atoms with Gasteiger partial charge in [0.1, 0.15) is 5.69 Å². The third-order valence-electron chi connectivity index (χ3n) is 3.11. The van der Waals surface area contributed by atoms with Crippen molar-refractivity contribution in [3.05, 3.63) is 24.0 Å². The Hall–Kier alpha value is -1.62. The van der Waals surface area contributed by atoms with Crippen LogP contribution in [0.1, 0.15) is 37.2 Å². The Kier molecular flexibility index (Phi) is 7.75. The summed E-state index contributed by atoms with van der Waals surface area (Å²) in [6, 6.07) is 3.67. The van der Waals surface area contributed by atoms with Crippen molar-refractivity contribution in [1.29, 1.82) is 0 Å². The zero-order valence-electron chi connectivity index (χ0n) is 13.6. The molecule has 1 aromatic rings. The normalized spacial score (nSPS) is 11.0. The molecule has 0 spiro atoms. The fourth-order valence-electron chi connectivity index (χ4n) is 1.83. The monoisotopic (exact) mass is 292 g/mol.